The van der Waals surface area contributed by atoms with Crippen molar-refractivity contribution in [3.05, 3.63) is 35.1 Å². The molecule has 1 N–H and O–H groups in total. The fraction of sp³-hybridized carbons (Fsp3) is 0.455. The lowest BCUT2D eigenvalue weighted by Crippen LogP contribution is -2.33. The van der Waals surface area contributed by atoms with Crippen LogP contribution in [0.25, 0.3) is 0 Å². The summed E-state index contributed by atoms with van der Waals surface area (Å²) in [4.78, 5) is 0. The summed E-state index contributed by atoms with van der Waals surface area (Å²) in [5.74, 6) is -0.0925. The molecule has 0 radical (unpaired) electrons. The largest absolute Gasteiger partial charge is 0.383 e. The molecule has 2 nitrogen and oxygen atoms in total. The normalized spacial score (nSPS) is 20.6. The maximum Gasteiger partial charge on any atom is 0.126 e. The van der Waals surface area contributed by atoms with Gasteiger partial charge >= 0.3 is 0 Å². The number of hydrogen-bond donors (Lipinski definition) is 1. The first kappa shape index (κ1) is 9.62. The van der Waals surface area contributed by atoms with E-state index in [0.717, 1.165) is 24.1 Å². The Morgan fingerprint density at radius 3 is 3.21 bits per heavy atom. The van der Waals surface area contributed by atoms with E-state index in [2.05, 4.69) is 5.32 Å². The van der Waals surface area contributed by atoms with Gasteiger partial charge in [0.25, 0.3) is 0 Å². The van der Waals surface area contributed by atoms with Crippen LogP contribution in [0.4, 0.5) is 4.39 Å². The molecule has 1 aromatic rings. The molecule has 0 saturated carbocycles. The molecule has 0 aromatic heterocycles. The summed E-state index contributed by atoms with van der Waals surface area (Å²) in [6, 6.07) is 5.38. The van der Waals surface area contributed by atoms with Gasteiger partial charge in [-0.05, 0) is 30.2 Å². The topological polar surface area (TPSA) is 21.3 Å². The Balaban J connectivity index is 2.34. The Bertz CT molecular complexity index is 327. The van der Waals surface area contributed by atoms with Gasteiger partial charge in [-0.1, -0.05) is 12.1 Å². The van der Waals surface area contributed by atoms with Gasteiger partial charge in [0.1, 0.15) is 5.82 Å². The number of methoxy groups -OCH3 is 1. The van der Waals surface area contributed by atoms with Crippen molar-refractivity contribution in [3.8, 4) is 0 Å². The highest BCUT2D eigenvalue weighted by molar-refractivity contribution is 5.33. The number of hydrogen-bond acceptors (Lipinski definition) is 2. The second-order valence-electron chi connectivity index (χ2n) is 3.52. The minimum atomic E-state index is -0.0925. The SMILES string of the molecule is COCC1NCCc2c(F)cccc21. The fourth-order valence-corrected chi connectivity index (χ4v) is 1.96. The van der Waals surface area contributed by atoms with Crippen LogP contribution in [0.3, 0.4) is 0 Å². The van der Waals surface area contributed by atoms with Crippen molar-refractivity contribution in [2.75, 3.05) is 20.3 Å². The summed E-state index contributed by atoms with van der Waals surface area (Å²) >= 11 is 0. The smallest absolute Gasteiger partial charge is 0.126 e. The number of ether oxygens (including phenoxy) is 1. The second kappa shape index (κ2) is 4.07. The van der Waals surface area contributed by atoms with Crippen molar-refractivity contribution in [1.82, 2.24) is 5.32 Å². The van der Waals surface area contributed by atoms with Crippen molar-refractivity contribution < 1.29 is 9.13 Å². The van der Waals surface area contributed by atoms with Gasteiger partial charge in [-0.15, -0.1) is 0 Å². The molecule has 1 unspecified atom stereocenters. The summed E-state index contributed by atoms with van der Waals surface area (Å²) in [6.45, 7) is 1.42. The maximum absolute atomic E-state index is 13.4. The van der Waals surface area contributed by atoms with E-state index in [9.17, 15) is 4.39 Å². The highest BCUT2D eigenvalue weighted by Gasteiger charge is 2.21. The quantitative estimate of drug-likeness (QED) is 0.775. The molecule has 1 aliphatic rings. The summed E-state index contributed by atoms with van der Waals surface area (Å²) in [6.07, 6.45) is 0.766. The zero-order valence-electron chi connectivity index (χ0n) is 8.22. The Hall–Kier alpha value is -0.930. The van der Waals surface area contributed by atoms with E-state index in [1.807, 2.05) is 6.07 Å². The average Bonchev–Trinajstić information content (AvgIpc) is 2.20. The molecular weight excluding hydrogens is 181 g/mol. The van der Waals surface area contributed by atoms with Crippen LogP contribution in [-0.2, 0) is 11.2 Å². The lowest BCUT2D eigenvalue weighted by atomic mass is 9.94. The molecule has 14 heavy (non-hydrogen) atoms. The fourth-order valence-electron chi connectivity index (χ4n) is 1.96. The van der Waals surface area contributed by atoms with Gasteiger partial charge in [0.2, 0.25) is 0 Å². The maximum atomic E-state index is 13.4. The summed E-state index contributed by atoms with van der Waals surface area (Å²) < 4.78 is 18.5. The Morgan fingerprint density at radius 1 is 1.57 bits per heavy atom. The predicted octanol–water partition coefficient (Wildman–Crippen LogP) is 1.66. The zero-order chi connectivity index (χ0) is 9.97. The van der Waals surface area contributed by atoms with E-state index in [1.54, 1.807) is 13.2 Å². The molecule has 0 saturated heterocycles. The minimum Gasteiger partial charge on any atom is -0.383 e. The third-order valence-corrected chi connectivity index (χ3v) is 2.63. The van der Waals surface area contributed by atoms with Crippen LogP contribution >= 0.6 is 0 Å². The summed E-state index contributed by atoms with van der Waals surface area (Å²) in [7, 11) is 1.66. The van der Waals surface area contributed by atoms with Crippen molar-refractivity contribution in [2.24, 2.45) is 0 Å². The van der Waals surface area contributed by atoms with Crippen LogP contribution < -0.4 is 5.32 Å². The van der Waals surface area contributed by atoms with Gasteiger partial charge in [-0.2, -0.15) is 0 Å². The van der Waals surface area contributed by atoms with E-state index >= 15 is 0 Å². The van der Waals surface area contributed by atoms with Gasteiger partial charge in [0, 0.05) is 7.11 Å². The monoisotopic (exact) mass is 195 g/mol. The highest BCUT2D eigenvalue weighted by Crippen LogP contribution is 2.24. The van der Waals surface area contributed by atoms with Gasteiger partial charge in [0.05, 0.1) is 12.6 Å². The minimum absolute atomic E-state index is 0.0925. The Labute approximate surface area is 83.1 Å². The number of fused-ring (bicyclic) bond motifs is 1. The van der Waals surface area contributed by atoms with Gasteiger partial charge in [-0.3, -0.25) is 0 Å². The van der Waals surface area contributed by atoms with Crippen LogP contribution in [0.2, 0.25) is 0 Å². The number of halogens is 1. The molecule has 0 spiro atoms. The molecule has 0 bridgehead atoms. The van der Waals surface area contributed by atoms with Gasteiger partial charge in [-0.25, -0.2) is 4.39 Å². The van der Waals surface area contributed by atoms with Gasteiger partial charge in [0.15, 0.2) is 0 Å². The third kappa shape index (κ3) is 1.65. The van der Waals surface area contributed by atoms with Crippen LogP contribution in [0, 0.1) is 5.82 Å². The van der Waals surface area contributed by atoms with Crippen molar-refractivity contribution in [1.29, 1.82) is 0 Å². The molecule has 0 fully saturated rings. The van der Waals surface area contributed by atoms with Crippen LogP contribution in [0.15, 0.2) is 18.2 Å². The second-order valence-corrected chi connectivity index (χ2v) is 3.52. The van der Waals surface area contributed by atoms with Crippen LogP contribution in [-0.4, -0.2) is 20.3 Å². The lowest BCUT2D eigenvalue weighted by Gasteiger charge is -2.26. The number of nitrogens with one attached hydrogen (secondary N) is 1. The molecule has 1 aliphatic heterocycles. The van der Waals surface area contributed by atoms with Crippen LogP contribution in [0.1, 0.15) is 17.2 Å². The van der Waals surface area contributed by atoms with Crippen molar-refractivity contribution >= 4 is 0 Å². The highest BCUT2D eigenvalue weighted by atomic mass is 19.1. The molecule has 1 heterocycles. The Kier molecular flexibility index (Phi) is 2.79. The van der Waals surface area contributed by atoms with E-state index < -0.39 is 0 Å². The molecule has 0 aliphatic carbocycles. The molecule has 1 atom stereocenters. The Morgan fingerprint density at radius 2 is 2.43 bits per heavy atom. The first-order chi connectivity index (χ1) is 6.83. The first-order valence-electron chi connectivity index (χ1n) is 4.82. The molecule has 3 heteroatoms. The molecule has 2 rings (SSSR count). The summed E-state index contributed by atoms with van der Waals surface area (Å²) in [5.41, 5.74) is 1.88. The predicted molar refractivity (Wildman–Crippen MR) is 52.7 cm³/mol. The number of benzene rings is 1. The lowest BCUT2D eigenvalue weighted by molar-refractivity contribution is 0.164. The zero-order valence-corrected chi connectivity index (χ0v) is 8.22. The average molecular weight is 195 g/mol. The molecule has 1 aromatic carbocycles. The molecule has 76 valence electrons. The first-order valence-corrected chi connectivity index (χ1v) is 4.82. The standard InChI is InChI=1S/C11H14FNO/c1-14-7-11-9-3-2-4-10(12)8(9)5-6-13-11/h2-4,11,13H,5-7H2,1H3. The molecule has 0 amide bonds. The van der Waals surface area contributed by atoms with Crippen LogP contribution in [0.5, 0.6) is 0 Å². The van der Waals surface area contributed by atoms with E-state index in [-0.39, 0.29) is 11.9 Å². The van der Waals surface area contributed by atoms with E-state index in [0.29, 0.717) is 6.61 Å². The van der Waals surface area contributed by atoms with E-state index in [4.69, 9.17) is 4.74 Å². The van der Waals surface area contributed by atoms with Crippen molar-refractivity contribution in [2.45, 2.75) is 12.5 Å². The van der Waals surface area contributed by atoms with Gasteiger partial charge < -0.3 is 10.1 Å². The number of rotatable bonds is 2. The van der Waals surface area contributed by atoms with E-state index in [1.165, 1.54) is 6.07 Å². The molecular formula is C11H14FNO. The summed E-state index contributed by atoms with van der Waals surface area (Å²) in [5, 5.41) is 3.31. The third-order valence-electron chi connectivity index (χ3n) is 2.63. The van der Waals surface area contributed by atoms with Crippen molar-refractivity contribution in [3.63, 3.8) is 0 Å².